The number of nitrogens with two attached hydrogens (primary N) is 2. The Labute approximate surface area is 77.7 Å². The second-order valence-corrected chi connectivity index (χ2v) is 2.94. The molecular formula is C10H14N2O. The van der Waals surface area contributed by atoms with E-state index in [1.165, 1.54) is 0 Å². The third-order valence-corrected chi connectivity index (χ3v) is 2.00. The van der Waals surface area contributed by atoms with E-state index in [2.05, 4.69) is 0 Å². The maximum Gasteiger partial charge on any atom is 0.225 e. The predicted octanol–water partition coefficient (Wildman–Crippen LogP) is 0.604. The zero-order chi connectivity index (χ0) is 9.68. The van der Waals surface area contributed by atoms with Crippen molar-refractivity contribution in [1.82, 2.24) is 0 Å². The van der Waals surface area contributed by atoms with E-state index >= 15 is 0 Å². The highest BCUT2D eigenvalue weighted by Crippen LogP contribution is 2.17. The van der Waals surface area contributed by atoms with Crippen molar-refractivity contribution in [2.45, 2.75) is 12.3 Å². The summed E-state index contributed by atoms with van der Waals surface area (Å²) in [5.41, 5.74) is 11.6. The highest BCUT2D eigenvalue weighted by atomic mass is 16.1. The smallest absolute Gasteiger partial charge is 0.225 e. The van der Waals surface area contributed by atoms with Gasteiger partial charge >= 0.3 is 0 Å². The highest BCUT2D eigenvalue weighted by molar-refractivity contribution is 5.81. The van der Waals surface area contributed by atoms with Crippen molar-refractivity contribution in [3.05, 3.63) is 35.9 Å². The van der Waals surface area contributed by atoms with Gasteiger partial charge in [0.25, 0.3) is 0 Å². The number of hydrogen-bond donors (Lipinski definition) is 2. The maximum atomic E-state index is 11.1. The molecule has 0 saturated heterocycles. The number of hydrogen-bond acceptors (Lipinski definition) is 2. The number of carbonyl (C=O) groups excluding carboxylic acids is 1. The molecule has 13 heavy (non-hydrogen) atoms. The molecule has 0 aliphatic rings. The molecule has 0 saturated carbocycles. The van der Waals surface area contributed by atoms with Crippen molar-refractivity contribution in [3.63, 3.8) is 0 Å². The Morgan fingerprint density at radius 1 is 1.31 bits per heavy atom. The lowest BCUT2D eigenvalue weighted by atomic mass is 9.95. The zero-order valence-corrected chi connectivity index (χ0v) is 7.44. The van der Waals surface area contributed by atoms with Crippen LogP contribution in [0.3, 0.4) is 0 Å². The monoisotopic (exact) mass is 178 g/mol. The normalized spacial score (nSPS) is 12.4. The van der Waals surface area contributed by atoms with Crippen LogP contribution in [0.1, 0.15) is 17.9 Å². The summed E-state index contributed by atoms with van der Waals surface area (Å²) in [6, 6.07) is 9.48. The van der Waals surface area contributed by atoms with Gasteiger partial charge in [-0.1, -0.05) is 30.3 Å². The summed E-state index contributed by atoms with van der Waals surface area (Å²) in [7, 11) is 0. The van der Waals surface area contributed by atoms with Crippen LogP contribution in [0.4, 0.5) is 0 Å². The van der Waals surface area contributed by atoms with E-state index in [1.807, 2.05) is 30.3 Å². The second-order valence-electron chi connectivity index (χ2n) is 2.94. The van der Waals surface area contributed by atoms with Crippen molar-refractivity contribution in [3.8, 4) is 0 Å². The Balaban J connectivity index is 2.82. The van der Waals surface area contributed by atoms with Crippen LogP contribution >= 0.6 is 0 Å². The zero-order valence-electron chi connectivity index (χ0n) is 7.44. The van der Waals surface area contributed by atoms with Gasteiger partial charge < -0.3 is 11.5 Å². The van der Waals surface area contributed by atoms with Gasteiger partial charge in [0, 0.05) is 0 Å². The molecule has 0 aliphatic heterocycles. The molecule has 3 nitrogen and oxygen atoms in total. The average molecular weight is 178 g/mol. The molecule has 0 spiro atoms. The fourth-order valence-electron chi connectivity index (χ4n) is 1.33. The molecule has 0 radical (unpaired) electrons. The molecule has 0 aromatic heterocycles. The van der Waals surface area contributed by atoms with Crippen LogP contribution in [0, 0.1) is 0 Å². The van der Waals surface area contributed by atoms with E-state index in [1.54, 1.807) is 0 Å². The molecule has 70 valence electrons. The third kappa shape index (κ3) is 2.56. The first-order chi connectivity index (χ1) is 6.25. The van der Waals surface area contributed by atoms with Gasteiger partial charge in [-0.05, 0) is 18.5 Å². The lowest BCUT2D eigenvalue weighted by Gasteiger charge is -2.11. The van der Waals surface area contributed by atoms with Crippen molar-refractivity contribution in [1.29, 1.82) is 0 Å². The summed E-state index contributed by atoms with van der Waals surface area (Å²) >= 11 is 0. The van der Waals surface area contributed by atoms with Crippen LogP contribution in [-0.4, -0.2) is 12.5 Å². The van der Waals surface area contributed by atoms with Crippen LogP contribution < -0.4 is 11.5 Å². The van der Waals surface area contributed by atoms with Crippen LogP contribution in [-0.2, 0) is 4.79 Å². The molecule has 0 aliphatic carbocycles. The summed E-state index contributed by atoms with van der Waals surface area (Å²) in [5, 5.41) is 0. The number of amides is 1. The van der Waals surface area contributed by atoms with Gasteiger partial charge in [-0.15, -0.1) is 0 Å². The van der Waals surface area contributed by atoms with Crippen LogP contribution in [0.2, 0.25) is 0 Å². The van der Waals surface area contributed by atoms with Gasteiger partial charge in [-0.2, -0.15) is 0 Å². The Morgan fingerprint density at radius 2 is 1.92 bits per heavy atom. The SMILES string of the molecule is NCCC(C(N)=O)c1ccccc1. The van der Waals surface area contributed by atoms with E-state index in [0.29, 0.717) is 13.0 Å². The number of carbonyl (C=O) groups is 1. The van der Waals surface area contributed by atoms with Gasteiger partial charge in [0.1, 0.15) is 0 Å². The van der Waals surface area contributed by atoms with Crippen LogP contribution in [0.15, 0.2) is 30.3 Å². The summed E-state index contributed by atoms with van der Waals surface area (Å²) in [5.74, 6) is -0.553. The van der Waals surface area contributed by atoms with Gasteiger partial charge in [-0.25, -0.2) is 0 Å². The minimum absolute atomic E-state index is 0.244. The molecular weight excluding hydrogens is 164 g/mol. The standard InChI is InChI=1S/C10H14N2O/c11-7-6-9(10(12)13)8-4-2-1-3-5-8/h1-5,9H,6-7,11H2,(H2,12,13). The first kappa shape index (κ1) is 9.74. The van der Waals surface area contributed by atoms with Gasteiger partial charge in [0.2, 0.25) is 5.91 Å². The molecule has 1 amide bonds. The summed E-state index contributed by atoms with van der Waals surface area (Å²) < 4.78 is 0. The van der Waals surface area contributed by atoms with E-state index < -0.39 is 0 Å². The van der Waals surface area contributed by atoms with Crippen molar-refractivity contribution in [2.24, 2.45) is 11.5 Å². The number of rotatable bonds is 4. The fourth-order valence-corrected chi connectivity index (χ4v) is 1.33. The average Bonchev–Trinajstić information content (AvgIpc) is 2.15. The summed E-state index contributed by atoms with van der Waals surface area (Å²) in [6.07, 6.45) is 0.610. The van der Waals surface area contributed by atoms with E-state index in [0.717, 1.165) is 5.56 Å². The number of primary amides is 1. The third-order valence-electron chi connectivity index (χ3n) is 2.00. The molecule has 1 aromatic carbocycles. The first-order valence-corrected chi connectivity index (χ1v) is 4.30. The van der Waals surface area contributed by atoms with Crippen molar-refractivity contribution in [2.75, 3.05) is 6.54 Å². The topological polar surface area (TPSA) is 69.1 Å². The highest BCUT2D eigenvalue weighted by Gasteiger charge is 2.15. The lowest BCUT2D eigenvalue weighted by molar-refractivity contribution is -0.119. The Kier molecular flexibility index (Phi) is 3.46. The summed E-state index contributed by atoms with van der Waals surface area (Å²) in [6.45, 7) is 0.475. The Bertz CT molecular complexity index is 272. The fraction of sp³-hybridized carbons (Fsp3) is 0.300. The minimum Gasteiger partial charge on any atom is -0.369 e. The van der Waals surface area contributed by atoms with Gasteiger partial charge in [0.15, 0.2) is 0 Å². The van der Waals surface area contributed by atoms with E-state index in [9.17, 15) is 4.79 Å². The molecule has 0 bridgehead atoms. The predicted molar refractivity (Wildman–Crippen MR) is 52.0 cm³/mol. The molecule has 4 N–H and O–H groups in total. The van der Waals surface area contributed by atoms with Gasteiger partial charge in [-0.3, -0.25) is 4.79 Å². The first-order valence-electron chi connectivity index (χ1n) is 4.30. The largest absolute Gasteiger partial charge is 0.369 e. The Hall–Kier alpha value is -1.35. The maximum absolute atomic E-state index is 11.1. The van der Waals surface area contributed by atoms with E-state index in [4.69, 9.17) is 11.5 Å². The molecule has 1 rings (SSSR count). The van der Waals surface area contributed by atoms with Crippen LogP contribution in [0.5, 0.6) is 0 Å². The lowest BCUT2D eigenvalue weighted by Crippen LogP contribution is -2.23. The molecule has 1 unspecified atom stereocenters. The van der Waals surface area contributed by atoms with Gasteiger partial charge in [0.05, 0.1) is 5.92 Å². The van der Waals surface area contributed by atoms with E-state index in [-0.39, 0.29) is 11.8 Å². The van der Waals surface area contributed by atoms with Crippen molar-refractivity contribution < 1.29 is 4.79 Å². The molecule has 1 atom stereocenters. The van der Waals surface area contributed by atoms with Crippen molar-refractivity contribution >= 4 is 5.91 Å². The quantitative estimate of drug-likeness (QED) is 0.709. The second kappa shape index (κ2) is 4.62. The van der Waals surface area contributed by atoms with Crippen LogP contribution in [0.25, 0.3) is 0 Å². The minimum atomic E-state index is -0.309. The Morgan fingerprint density at radius 3 is 2.38 bits per heavy atom. The molecule has 1 aromatic rings. The number of benzene rings is 1. The molecule has 0 fully saturated rings. The summed E-state index contributed by atoms with van der Waals surface area (Å²) in [4.78, 5) is 11.1. The molecule has 0 heterocycles. The molecule has 3 heteroatoms.